The van der Waals surface area contributed by atoms with E-state index in [0.717, 1.165) is 11.3 Å². The summed E-state index contributed by atoms with van der Waals surface area (Å²) in [4.78, 5) is 0.368. The highest BCUT2D eigenvalue weighted by Gasteiger charge is 2.12. The molecule has 2 rings (SSSR count). The fraction of sp³-hybridized carbons (Fsp3) is 0.250. The van der Waals surface area contributed by atoms with Crippen LogP contribution in [0.2, 0.25) is 5.02 Å². The lowest BCUT2D eigenvalue weighted by Crippen LogP contribution is -2.06. The minimum absolute atomic E-state index is 0.180. The molecule has 0 aliphatic rings. The van der Waals surface area contributed by atoms with Crippen LogP contribution in [-0.4, -0.2) is 14.2 Å². The van der Waals surface area contributed by atoms with E-state index in [2.05, 4.69) is 5.32 Å². The van der Waals surface area contributed by atoms with Gasteiger partial charge in [0.2, 0.25) is 0 Å². The lowest BCUT2D eigenvalue weighted by Gasteiger charge is -2.09. The predicted octanol–water partition coefficient (Wildman–Crippen LogP) is 4.14. The Bertz CT molecular complexity index is 696. The Morgan fingerprint density at radius 3 is 2.33 bits per heavy atom. The van der Waals surface area contributed by atoms with E-state index in [0.29, 0.717) is 22.9 Å². The first-order chi connectivity index (χ1) is 10.0. The van der Waals surface area contributed by atoms with Crippen LogP contribution in [-0.2, 0) is 16.4 Å². The topological polar surface area (TPSA) is 46.2 Å². The van der Waals surface area contributed by atoms with Crippen molar-refractivity contribution < 1.29 is 8.42 Å². The SMILES string of the molecule is CCCS(=O)(=O)c1ccc(NCc2ccccc2Cl)cc1. The lowest BCUT2D eigenvalue weighted by atomic mass is 10.2. The first kappa shape index (κ1) is 15.9. The molecule has 0 saturated carbocycles. The van der Waals surface area contributed by atoms with Gasteiger partial charge in [0.1, 0.15) is 0 Å². The van der Waals surface area contributed by atoms with Gasteiger partial charge in [-0.1, -0.05) is 36.7 Å². The minimum Gasteiger partial charge on any atom is -0.381 e. The summed E-state index contributed by atoms with van der Waals surface area (Å²) in [5.74, 6) is 0.180. The van der Waals surface area contributed by atoms with E-state index in [1.165, 1.54) is 0 Å². The first-order valence-electron chi connectivity index (χ1n) is 6.83. The van der Waals surface area contributed by atoms with Gasteiger partial charge in [0.25, 0.3) is 0 Å². The number of benzene rings is 2. The summed E-state index contributed by atoms with van der Waals surface area (Å²) in [5.41, 5.74) is 1.87. The van der Waals surface area contributed by atoms with E-state index in [1.807, 2.05) is 31.2 Å². The number of nitrogens with one attached hydrogen (secondary N) is 1. The average Bonchev–Trinajstić information content (AvgIpc) is 2.47. The monoisotopic (exact) mass is 323 g/mol. The molecule has 0 unspecified atom stereocenters. The van der Waals surface area contributed by atoms with Gasteiger partial charge >= 0.3 is 0 Å². The van der Waals surface area contributed by atoms with Crippen molar-refractivity contribution in [1.82, 2.24) is 0 Å². The van der Waals surface area contributed by atoms with Crippen molar-refractivity contribution in [3.05, 3.63) is 59.1 Å². The van der Waals surface area contributed by atoms with Crippen molar-refractivity contribution in [3.63, 3.8) is 0 Å². The molecule has 112 valence electrons. The molecule has 0 amide bonds. The molecule has 0 aliphatic carbocycles. The average molecular weight is 324 g/mol. The number of rotatable bonds is 6. The molecule has 0 aliphatic heterocycles. The smallest absolute Gasteiger partial charge is 0.178 e. The van der Waals surface area contributed by atoms with Crippen molar-refractivity contribution in [2.75, 3.05) is 11.1 Å². The molecule has 0 radical (unpaired) electrons. The molecule has 0 saturated heterocycles. The number of anilines is 1. The molecule has 3 nitrogen and oxygen atoms in total. The van der Waals surface area contributed by atoms with Gasteiger partial charge in [-0.25, -0.2) is 8.42 Å². The highest BCUT2D eigenvalue weighted by atomic mass is 35.5. The Balaban J connectivity index is 2.05. The van der Waals surface area contributed by atoms with Gasteiger partial charge in [0.15, 0.2) is 9.84 Å². The van der Waals surface area contributed by atoms with E-state index >= 15 is 0 Å². The molecule has 5 heteroatoms. The van der Waals surface area contributed by atoms with Gasteiger partial charge < -0.3 is 5.32 Å². The Hall–Kier alpha value is -1.52. The van der Waals surface area contributed by atoms with Crippen LogP contribution in [0.4, 0.5) is 5.69 Å². The zero-order valence-electron chi connectivity index (χ0n) is 11.8. The number of hydrogen-bond donors (Lipinski definition) is 1. The van der Waals surface area contributed by atoms with Crippen LogP contribution in [0.1, 0.15) is 18.9 Å². The van der Waals surface area contributed by atoms with Crippen LogP contribution in [0.15, 0.2) is 53.4 Å². The number of hydrogen-bond acceptors (Lipinski definition) is 3. The van der Waals surface area contributed by atoms with Crippen LogP contribution >= 0.6 is 11.6 Å². The van der Waals surface area contributed by atoms with E-state index in [-0.39, 0.29) is 5.75 Å². The Kier molecular flexibility index (Phi) is 5.26. The predicted molar refractivity (Wildman–Crippen MR) is 87.6 cm³/mol. The number of sulfone groups is 1. The summed E-state index contributed by atoms with van der Waals surface area (Å²) >= 11 is 6.09. The third-order valence-corrected chi connectivity index (χ3v) is 5.43. The molecule has 0 fully saturated rings. The maximum absolute atomic E-state index is 11.9. The molecular formula is C16H18ClNO2S. The third-order valence-electron chi connectivity index (χ3n) is 3.13. The fourth-order valence-electron chi connectivity index (χ4n) is 2.01. The maximum Gasteiger partial charge on any atom is 0.178 e. The summed E-state index contributed by atoms with van der Waals surface area (Å²) in [6, 6.07) is 14.5. The van der Waals surface area contributed by atoms with Crippen LogP contribution < -0.4 is 5.32 Å². The second-order valence-corrected chi connectivity index (χ2v) is 7.30. The molecule has 21 heavy (non-hydrogen) atoms. The van der Waals surface area contributed by atoms with E-state index in [4.69, 9.17) is 11.6 Å². The lowest BCUT2D eigenvalue weighted by molar-refractivity contribution is 0.595. The minimum atomic E-state index is -3.15. The largest absolute Gasteiger partial charge is 0.381 e. The molecule has 0 aromatic heterocycles. The molecule has 0 heterocycles. The van der Waals surface area contributed by atoms with Gasteiger partial charge in [0, 0.05) is 17.3 Å². The van der Waals surface area contributed by atoms with Crippen molar-refractivity contribution in [2.24, 2.45) is 0 Å². The molecule has 1 N–H and O–H groups in total. The van der Waals surface area contributed by atoms with Crippen molar-refractivity contribution in [3.8, 4) is 0 Å². The summed E-state index contributed by atoms with van der Waals surface area (Å²) in [6.07, 6.45) is 0.620. The Labute approximate surface area is 130 Å². The van der Waals surface area contributed by atoms with Gasteiger partial charge in [-0.05, 0) is 42.3 Å². The summed E-state index contributed by atoms with van der Waals surface area (Å²) < 4.78 is 23.9. The van der Waals surface area contributed by atoms with Gasteiger partial charge in [-0.3, -0.25) is 0 Å². The zero-order valence-corrected chi connectivity index (χ0v) is 13.4. The van der Waals surface area contributed by atoms with Crippen LogP contribution in [0.3, 0.4) is 0 Å². The summed E-state index contributed by atoms with van der Waals surface area (Å²) in [5, 5.41) is 3.95. The normalized spacial score (nSPS) is 11.3. The second kappa shape index (κ2) is 6.96. The van der Waals surface area contributed by atoms with E-state index in [9.17, 15) is 8.42 Å². The van der Waals surface area contributed by atoms with E-state index < -0.39 is 9.84 Å². The molecule has 0 spiro atoms. The first-order valence-corrected chi connectivity index (χ1v) is 8.86. The van der Waals surface area contributed by atoms with Crippen LogP contribution in [0.25, 0.3) is 0 Å². The number of halogens is 1. The van der Waals surface area contributed by atoms with Crippen molar-refractivity contribution in [2.45, 2.75) is 24.8 Å². The van der Waals surface area contributed by atoms with E-state index in [1.54, 1.807) is 24.3 Å². The van der Waals surface area contributed by atoms with Crippen LogP contribution in [0, 0.1) is 0 Å². The van der Waals surface area contributed by atoms with Gasteiger partial charge in [-0.2, -0.15) is 0 Å². The highest BCUT2D eigenvalue weighted by Crippen LogP contribution is 2.19. The molecular weight excluding hydrogens is 306 g/mol. The standard InChI is InChI=1S/C16H18ClNO2S/c1-2-11-21(19,20)15-9-7-14(8-10-15)18-12-13-5-3-4-6-16(13)17/h3-10,18H,2,11-12H2,1H3. The quantitative estimate of drug-likeness (QED) is 0.869. The van der Waals surface area contributed by atoms with Crippen LogP contribution in [0.5, 0.6) is 0 Å². The van der Waals surface area contributed by atoms with Crippen molar-refractivity contribution >= 4 is 27.1 Å². The molecule has 0 atom stereocenters. The van der Waals surface area contributed by atoms with Crippen molar-refractivity contribution in [1.29, 1.82) is 0 Å². The maximum atomic E-state index is 11.9. The molecule has 2 aromatic rings. The fourth-order valence-corrected chi connectivity index (χ4v) is 3.53. The van der Waals surface area contributed by atoms with Gasteiger partial charge in [-0.15, -0.1) is 0 Å². The Morgan fingerprint density at radius 1 is 1.05 bits per heavy atom. The second-order valence-electron chi connectivity index (χ2n) is 4.79. The molecule has 0 bridgehead atoms. The third kappa shape index (κ3) is 4.22. The highest BCUT2D eigenvalue weighted by molar-refractivity contribution is 7.91. The Morgan fingerprint density at radius 2 is 1.71 bits per heavy atom. The van der Waals surface area contributed by atoms with Gasteiger partial charge in [0.05, 0.1) is 10.6 Å². The zero-order chi connectivity index (χ0) is 15.3. The molecule has 2 aromatic carbocycles. The summed E-state index contributed by atoms with van der Waals surface area (Å²) in [7, 11) is -3.15. The summed E-state index contributed by atoms with van der Waals surface area (Å²) in [6.45, 7) is 2.46.